The average Bonchev–Trinajstić information content (AvgIpc) is 2.69. The van der Waals surface area contributed by atoms with Crippen LogP contribution in [-0.4, -0.2) is 30.7 Å². The van der Waals surface area contributed by atoms with Gasteiger partial charge in [-0.3, -0.25) is 0 Å². The van der Waals surface area contributed by atoms with Gasteiger partial charge in [0.25, 0.3) is 0 Å². The molecule has 3 nitrogen and oxygen atoms in total. The molecule has 0 saturated carbocycles. The van der Waals surface area contributed by atoms with Crippen molar-refractivity contribution < 1.29 is 9.53 Å². The second-order valence-corrected chi connectivity index (χ2v) is 8.34. The molecule has 0 spiro atoms. The molecule has 0 unspecified atom stereocenters. The number of nitrogens with zero attached hydrogens (tertiary/aromatic N) is 1. The molecule has 0 saturated heterocycles. The van der Waals surface area contributed by atoms with Gasteiger partial charge in [-0.1, -0.05) is 117 Å². The average molecular weight is 398 g/mol. The molecular weight excluding hydrogens is 346 g/mol. The second kappa shape index (κ2) is 22.6. The van der Waals surface area contributed by atoms with Crippen LogP contribution in [-0.2, 0) is 4.74 Å². The Balaban J connectivity index is 3.73. The second-order valence-electron chi connectivity index (χ2n) is 8.34. The highest BCUT2D eigenvalue weighted by Gasteiger charge is 2.13. The fraction of sp³-hybridized carbons (Fsp3) is 0.960. The predicted octanol–water partition coefficient (Wildman–Crippen LogP) is 8.51. The molecule has 168 valence electrons. The monoisotopic (exact) mass is 397 g/mol. The van der Waals surface area contributed by atoms with E-state index >= 15 is 0 Å². The first-order valence-electron chi connectivity index (χ1n) is 12.7. The molecule has 3 heteroatoms. The van der Waals surface area contributed by atoms with Gasteiger partial charge in [0, 0.05) is 13.1 Å². The van der Waals surface area contributed by atoms with Crippen LogP contribution in [0.15, 0.2) is 0 Å². The summed E-state index contributed by atoms with van der Waals surface area (Å²) >= 11 is 0. The first-order chi connectivity index (χ1) is 13.8. The van der Waals surface area contributed by atoms with Crippen LogP contribution >= 0.6 is 0 Å². The van der Waals surface area contributed by atoms with E-state index in [2.05, 4.69) is 13.8 Å². The molecule has 0 aliphatic heterocycles. The molecule has 0 aromatic rings. The first-order valence-corrected chi connectivity index (χ1v) is 12.7. The van der Waals surface area contributed by atoms with Crippen molar-refractivity contribution in [3.8, 4) is 0 Å². The lowest BCUT2D eigenvalue weighted by atomic mass is 10.1. The van der Waals surface area contributed by atoms with E-state index in [9.17, 15) is 4.79 Å². The number of hydrogen-bond donors (Lipinski definition) is 0. The summed E-state index contributed by atoms with van der Waals surface area (Å²) in [7, 11) is 0. The molecule has 0 bridgehead atoms. The Hall–Kier alpha value is -0.730. The van der Waals surface area contributed by atoms with Gasteiger partial charge in [0.1, 0.15) is 0 Å². The zero-order chi connectivity index (χ0) is 20.7. The molecule has 0 rings (SSSR count). The van der Waals surface area contributed by atoms with Crippen LogP contribution in [0.1, 0.15) is 136 Å². The minimum Gasteiger partial charge on any atom is -0.450 e. The summed E-state index contributed by atoms with van der Waals surface area (Å²) in [5.74, 6) is 0. The van der Waals surface area contributed by atoms with E-state index in [1.165, 1.54) is 103 Å². The Morgan fingerprint density at radius 3 is 1.18 bits per heavy atom. The number of ether oxygens (including phenoxy) is 1. The highest BCUT2D eigenvalue weighted by atomic mass is 16.6. The van der Waals surface area contributed by atoms with Gasteiger partial charge in [0.15, 0.2) is 0 Å². The van der Waals surface area contributed by atoms with Crippen LogP contribution in [0.3, 0.4) is 0 Å². The predicted molar refractivity (Wildman–Crippen MR) is 123 cm³/mol. The van der Waals surface area contributed by atoms with Gasteiger partial charge in [-0.15, -0.1) is 0 Å². The van der Waals surface area contributed by atoms with Gasteiger partial charge in [-0.05, 0) is 19.8 Å². The van der Waals surface area contributed by atoms with E-state index in [0.29, 0.717) is 6.61 Å². The van der Waals surface area contributed by atoms with Crippen molar-refractivity contribution >= 4 is 6.09 Å². The largest absolute Gasteiger partial charge is 0.450 e. The Bertz CT molecular complexity index is 298. The van der Waals surface area contributed by atoms with Gasteiger partial charge in [-0.25, -0.2) is 4.79 Å². The molecule has 0 aliphatic carbocycles. The summed E-state index contributed by atoms with van der Waals surface area (Å²) in [6.45, 7) is 8.64. The summed E-state index contributed by atoms with van der Waals surface area (Å²) in [5, 5.41) is 0. The van der Waals surface area contributed by atoms with Gasteiger partial charge in [0.05, 0.1) is 6.61 Å². The maximum absolute atomic E-state index is 12.2. The van der Waals surface area contributed by atoms with Crippen LogP contribution in [0.25, 0.3) is 0 Å². The Morgan fingerprint density at radius 2 is 0.857 bits per heavy atom. The summed E-state index contributed by atoms with van der Waals surface area (Å²) in [5.41, 5.74) is 0. The van der Waals surface area contributed by atoms with Crippen LogP contribution < -0.4 is 0 Å². The third-order valence-corrected chi connectivity index (χ3v) is 5.59. The Morgan fingerprint density at radius 1 is 0.536 bits per heavy atom. The Labute approximate surface area is 177 Å². The van der Waals surface area contributed by atoms with Crippen LogP contribution in [0.2, 0.25) is 0 Å². The van der Waals surface area contributed by atoms with Gasteiger partial charge in [-0.2, -0.15) is 0 Å². The summed E-state index contributed by atoms with van der Waals surface area (Å²) in [6, 6.07) is 0. The fourth-order valence-corrected chi connectivity index (χ4v) is 3.74. The summed E-state index contributed by atoms with van der Waals surface area (Å²) < 4.78 is 5.26. The van der Waals surface area contributed by atoms with Crippen LogP contribution in [0.4, 0.5) is 4.79 Å². The molecule has 0 aliphatic rings. The zero-order valence-electron chi connectivity index (χ0n) is 19.6. The number of unbranched alkanes of at least 4 members (excludes halogenated alkanes) is 16. The lowest BCUT2D eigenvalue weighted by Gasteiger charge is -2.22. The number of rotatable bonds is 21. The minimum atomic E-state index is -0.110. The molecule has 0 N–H and O–H groups in total. The lowest BCUT2D eigenvalue weighted by molar-refractivity contribution is 0.105. The fourth-order valence-electron chi connectivity index (χ4n) is 3.74. The molecule has 0 fully saturated rings. The standard InChI is InChI=1S/C25H51NO2/c1-4-7-9-11-13-15-17-19-21-23-26(25(27)28-6-3)24-22-20-18-16-14-12-10-8-5-2/h4-24H2,1-3H3. The molecule has 0 atom stereocenters. The normalized spacial score (nSPS) is 11.0. The zero-order valence-corrected chi connectivity index (χ0v) is 19.6. The van der Waals surface area contributed by atoms with E-state index in [1.54, 1.807) is 0 Å². The maximum Gasteiger partial charge on any atom is 0.409 e. The van der Waals surface area contributed by atoms with E-state index in [1.807, 2.05) is 11.8 Å². The van der Waals surface area contributed by atoms with E-state index in [4.69, 9.17) is 4.74 Å². The van der Waals surface area contributed by atoms with Crippen LogP contribution in [0.5, 0.6) is 0 Å². The van der Waals surface area contributed by atoms with E-state index in [-0.39, 0.29) is 6.09 Å². The van der Waals surface area contributed by atoms with Gasteiger partial charge in [0.2, 0.25) is 0 Å². The van der Waals surface area contributed by atoms with Crippen molar-refractivity contribution in [2.24, 2.45) is 0 Å². The van der Waals surface area contributed by atoms with Crippen molar-refractivity contribution in [3.63, 3.8) is 0 Å². The molecular formula is C25H51NO2. The number of amides is 1. The van der Waals surface area contributed by atoms with Crippen LogP contribution in [0, 0.1) is 0 Å². The first kappa shape index (κ1) is 27.3. The molecule has 0 aromatic heterocycles. The topological polar surface area (TPSA) is 29.5 Å². The smallest absolute Gasteiger partial charge is 0.409 e. The Kier molecular flexibility index (Phi) is 22.0. The molecule has 28 heavy (non-hydrogen) atoms. The number of carbonyl (C=O) groups is 1. The molecule has 0 aromatic carbocycles. The quantitative estimate of drug-likeness (QED) is 0.182. The number of hydrogen-bond acceptors (Lipinski definition) is 2. The van der Waals surface area contributed by atoms with Gasteiger partial charge < -0.3 is 9.64 Å². The van der Waals surface area contributed by atoms with Crippen molar-refractivity contribution in [3.05, 3.63) is 0 Å². The van der Waals surface area contributed by atoms with Crippen molar-refractivity contribution in [1.29, 1.82) is 0 Å². The highest BCUT2D eigenvalue weighted by molar-refractivity contribution is 5.67. The third kappa shape index (κ3) is 18.6. The summed E-state index contributed by atoms with van der Waals surface area (Å²) in [6.07, 6.45) is 23.6. The summed E-state index contributed by atoms with van der Waals surface area (Å²) in [4.78, 5) is 14.1. The van der Waals surface area contributed by atoms with Gasteiger partial charge >= 0.3 is 6.09 Å². The third-order valence-electron chi connectivity index (χ3n) is 5.59. The van der Waals surface area contributed by atoms with E-state index in [0.717, 1.165) is 25.9 Å². The highest BCUT2D eigenvalue weighted by Crippen LogP contribution is 2.12. The number of carbonyl (C=O) groups excluding carboxylic acids is 1. The van der Waals surface area contributed by atoms with Crippen molar-refractivity contribution in [2.75, 3.05) is 19.7 Å². The molecule has 1 amide bonds. The SMILES string of the molecule is CCCCCCCCCCCN(CCCCCCCCCCC)C(=O)OCC. The minimum absolute atomic E-state index is 0.110. The molecule has 0 heterocycles. The van der Waals surface area contributed by atoms with Crippen molar-refractivity contribution in [1.82, 2.24) is 4.90 Å². The van der Waals surface area contributed by atoms with E-state index < -0.39 is 0 Å². The lowest BCUT2D eigenvalue weighted by Crippen LogP contribution is -2.33. The van der Waals surface area contributed by atoms with Crippen molar-refractivity contribution in [2.45, 2.75) is 136 Å². The maximum atomic E-state index is 12.2. The molecule has 0 radical (unpaired) electrons.